The lowest BCUT2D eigenvalue weighted by molar-refractivity contribution is -0.137. The van der Waals surface area contributed by atoms with Crippen molar-refractivity contribution in [2.45, 2.75) is 43.5 Å². The number of alkyl halides is 3. The minimum Gasteiger partial charge on any atom is -0.391 e. The second-order valence-corrected chi connectivity index (χ2v) is 10.9. The molecular formula is C26H22ClF4NO3S. The van der Waals surface area contributed by atoms with Crippen LogP contribution in [0.25, 0.3) is 11.6 Å². The van der Waals surface area contributed by atoms with E-state index in [2.05, 4.69) is 0 Å². The number of halogens is 5. The fourth-order valence-electron chi connectivity index (χ4n) is 4.31. The summed E-state index contributed by atoms with van der Waals surface area (Å²) in [6.45, 7) is 3.15. The van der Waals surface area contributed by atoms with Gasteiger partial charge in [-0.05, 0) is 66.9 Å². The largest absolute Gasteiger partial charge is 0.416 e. The summed E-state index contributed by atoms with van der Waals surface area (Å²) in [5.41, 5.74) is 0.867. The monoisotopic (exact) mass is 539 g/mol. The Hall–Kier alpha value is -2.88. The summed E-state index contributed by atoms with van der Waals surface area (Å²) in [6, 6.07) is 11.7. The molecule has 0 bridgehead atoms. The van der Waals surface area contributed by atoms with Crippen molar-refractivity contribution in [2.75, 3.05) is 4.31 Å². The first-order valence-corrected chi connectivity index (χ1v) is 12.8. The van der Waals surface area contributed by atoms with Gasteiger partial charge in [0.05, 0.1) is 33.3 Å². The molecule has 3 aromatic carbocycles. The minimum absolute atomic E-state index is 0.160. The first-order chi connectivity index (χ1) is 16.8. The Balaban J connectivity index is 1.83. The molecule has 0 saturated heterocycles. The molecule has 4 rings (SSSR count). The summed E-state index contributed by atoms with van der Waals surface area (Å²) in [5, 5.41) is 10.8. The van der Waals surface area contributed by atoms with Gasteiger partial charge in [0.25, 0.3) is 10.0 Å². The van der Waals surface area contributed by atoms with Crippen LogP contribution >= 0.6 is 11.6 Å². The number of hydrogen-bond donors (Lipinski definition) is 1. The highest BCUT2D eigenvalue weighted by Gasteiger charge is 2.39. The van der Waals surface area contributed by atoms with E-state index in [1.165, 1.54) is 19.1 Å². The molecular weight excluding hydrogens is 518 g/mol. The van der Waals surface area contributed by atoms with Crippen LogP contribution in [0.1, 0.15) is 36.1 Å². The van der Waals surface area contributed by atoms with Crippen LogP contribution < -0.4 is 4.31 Å². The van der Waals surface area contributed by atoms with Crippen molar-refractivity contribution in [2.24, 2.45) is 0 Å². The summed E-state index contributed by atoms with van der Waals surface area (Å²) in [6.07, 6.45) is -4.00. The maximum atomic E-state index is 14.4. The number of rotatable bonds is 4. The van der Waals surface area contributed by atoms with Gasteiger partial charge in [-0.2, -0.15) is 13.2 Å². The van der Waals surface area contributed by atoms with Crippen LogP contribution in [-0.4, -0.2) is 25.7 Å². The fraction of sp³-hybridized carbons (Fsp3) is 0.231. The topological polar surface area (TPSA) is 57.6 Å². The summed E-state index contributed by atoms with van der Waals surface area (Å²) in [4.78, 5) is -0.542. The van der Waals surface area contributed by atoms with Gasteiger partial charge in [0.2, 0.25) is 0 Å². The molecule has 2 atom stereocenters. The Kier molecular flexibility index (Phi) is 6.94. The van der Waals surface area contributed by atoms with Crippen molar-refractivity contribution in [3.05, 3.63) is 93.8 Å². The Morgan fingerprint density at radius 3 is 2.47 bits per heavy atom. The first kappa shape index (κ1) is 26.2. The van der Waals surface area contributed by atoms with Gasteiger partial charge < -0.3 is 5.11 Å². The average Bonchev–Trinajstić information content (AvgIpc) is 2.79. The van der Waals surface area contributed by atoms with Crippen molar-refractivity contribution in [3.63, 3.8) is 0 Å². The van der Waals surface area contributed by atoms with Crippen molar-refractivity contribution in [3.8, 4) is 0 Å². The zero-order valence-corrected chi connectivity index (χ0v) is 20.8. The standard InChI is InChI=1S/C26H22ClF4NO3S/c1-15(25-21(27)7-4-8-22(25)28)11-17-9-10-18-13-24(33)16(2)32(23(18)12-17)36(34,35)20-6-3-5-19(14-20)26(29,30)31/h3-12,14,16,24,33H,13H2,1-2H3/b15-11+/t16-,24+/m1/s1. The maximum absolute atomic E-state index is 14.4. The second kappa shape index (κ2) is 9.53. The summed E-state index contributed by atoms with van der Waals surface area (Å²) in [7, 11) is -4.48. The van der Waals surface area contributed by atoms with Gasteiger partial charge >= 0.3 is 6.18 Å². The lowest BCUT2D eigenvalue weighted by Gasteiger charge is -2.39. The van der Waals surface area contributed by atoms with Crippen LogP contribution in [0.2, 0.25) is 5.02 Å². The molecule has 1 N–H and O–H groups in total. The van der Waals surface area contributed by atoms with E-state index < -0.39 is 44.6 Å². The molecule has 0 spiro atoms. The normalized spacial score (nSPS) is 18.8. The Morgan fingerprint density at radius 2 is 1.81 bits per heavy atom. The number of hydrogen-bond acceptors (Lipinski definition) is 3. The van der Waals surface area contributed by atoms with Crippen LogP contribution in [0.4, 0.5) is 23.2 Å². The summed E-state index contributed by atoms with van der Waals surface area (Å²) in [5.74, 6) is -0.514. The highest BCUT2D eigenvalue weighted by Crippen LogP contribution is 2.38. The first-order valence-electron chi connectivity index (χ1n) is 11.0. The molecule has 1 aliphatic rings. The molecule has 0 aliphatic carbocycles. The highest BCUT2D eigenvalue weighted by molar-refractivity contribution is 7.92. The second-order valence-electron chi connectivity index (χ2n) is 8.65. The van der Waals surface area contributed by atoms with Gasteiger partial charge in [-0.3, -0.25) is 4.31 Å². The third kappa shape index (κ3) is 4.87. The number of fused-ring (bicyclic) bond motifs is 1. The Morgan fingerprint density at radius 1 is 1.11 bits per heavy atom. The zero-order chi connectivity index (χ0) is 26.4. The summed E-state index contributed by atoms with van der Waals surface area (Å²) >= 11 is 6.16. The Bertz CT molecular complexity index is 1430. The van der Waals surface area contributed by atoms with Crippen molar-refractivity contribution < 1.29 is 31.1 Å². The number of aliphatic hydroxyl groups excluding tert-OH is 1. The van der Waals surface area contributed by atoms with Crippen LogP contribution in [0, 0.1) is 5.82 Å². The van der Waals surface area contributed by atoms with E-state index in [0.29, 0.717) is 22.8 Å². The van der Waals surface area contributed by atoms with Crippen molar-refractivity contribution in [1.29, 1.82) is 0 Å². The zero-order valence-electron chi connectivity index (χ0n) is 19.2. The molecule has 0 amide bonds. The molecule has 0 saturated carbocycles. The molecule has 4 nitrogen and oxygen atoms in total. The van der Waals surface area contributed by atoms with Crippen LogP contribution in [0.3, 0.4) is 0 Å². The summed E-state index contributed by atoms with van der Waals surface area (Å²) < 4.78 is 82.3. The molecule has 0 aromatic heterocycles. The van der Waals surface area contributed by atoms with E-state index in [1.807, 2.05) is 0 Å². The lowest BCUT2D eigenvalue weighted by Crippen LogP contribution is -2.49. The van der Waals surface area contributed by atoms with Crippen molar-refractivity contribution >= 4 is 39.0 Å². The number of anilines is 1. The molecule has 10 heteroatoms. The number of allylic oxidation sites excluding steroid dienone is 1. The fourth-order valence-corrected chi connectivity index (χ4v) is 6.38. The van der Waals surface area contributed by atoms with Crippen molar-refractivity contribution in [1.82, 2.24) is 0 Å². The number of nitrogens with zero attached hydrogens (tertiary/aromatic N) is 1. The number of sulfonamides is 1. The van der Waals surface area contributed by atoms with E-state index in [0.717, 1.165) is 22.5 Å². The van der Waals surface area contributed by atoms with E-state index in [4.69, 9.17) is 11.6 Å². The molecule has 36 heavy (non-hydrogen) atoms. The maximum Gasteiger partial charge on any atom is 0.416 e. The van der Waals surface area contributed by atoms with E-state index in [9.17, 15) is 31.1 Å². The molecule has 3 aromatic rings. The molecule has 190 valence electrons. The molecule has 1 heterocycles. The quantitative estimate of drug-likeness (QED) is 0.302. The lowest BCUT2D eigenvalue weighted by atomic mass is 9.94. The van der Waals surface area contributed by atoms with Gasteiger partial charge in [0.1, 0.15) is 5.82 Å². The minimum atomic E-state index is -4.72. The SMILES string of the molecule is C/C(=C\c1ccc2c(c1)N(S(=O)(=O)c1cccc(C(F)(F)F)c1)[C@H](C)[C@@H](O)C2)c1c(F)cccc1Cl. The third-order valence-electron chi connectivity index (χ3n) is 6.16. The Labute approximate surface area is 211 Å². The highest BCUT2D eigenvalue weighted by atomic mass is 35.5. The molecule has 0 unspecified atom stereocenters. The van der Waals surface area contributed by atoms with Gasteiger partial charge in [-0.1, -0.05) is 41.9 Å². The molecule has 0 radical (unpaired) electrons. The van der Waals surface area contributed by atoms with E-state index >= 15 is 0 Å². The van der Waals surface area contributed by atoms with Crippen LogP contribution in [-0.2, 0) is 22.6 Å². The van der Waals surface area contributed by atoms with E-state index in [1.54, 1.807) is 37.3 Å². The predicted octanol–water partition coefficient (Wildman–Crippen LogP) is 6.56. The third-order valence-corrected chi connectivity index (χ3v) is 8.37. The number of benzene rings is 3. The smallest absolute Gasteiger partial charge is 0.391 e. The van der Waals surface area contributed by atoms with Gasteiger partial charge in [-0.15, -0.1) is 0 Å². The van der Waals surface area contributed by atoms with Crippen LogP contribution in [0.15, 0.2) is 65.6 Å². The average molecular weight is 540 g/mol. The number of aliphatic hydroxyl groups is 1. The van der Waals surface area contributed by atoms with Gasteiger partial charge in [0.15, 0.2) is 0 Å². The van der Waals surface area contributed by atoms with Gasteiger partial charge in [-0.25, -0.2) is 12.8 Å². The predicted molar refractivity (Wildman–Crippen MR) is 132 cm³/mol. The van der Waals surface area contributed by atoms with Gasteiger partial charge in [0, 0.05) is 12.0 Å². The van der Waals surface area contributed by atoms with Crippen LogP contribution in [0.5, 0.6) is 0 Å². The molecule has 0 fully saturated rings. The molecule has 1 aliphatic heterocycles. The van der Waals surface area contributed by atoms with E-state index in [-0.39, 0.29) is 22.7 Å².